The number of phenols is 1. The topological polar surface area (TPSA) is 197 Å². The first-order valence-corrected chi connectivity index (χ1v) is 27.1. The number of fused-ring (bicyclic) bond motifs is 7. The Morgan fingerprint density at radius 3 is 2.72 bits per heavy atom. The Bertz CT molecular complexity index is 2390. The molecular formula is C53H68N4O9S2. The van der Waals surface area contributed by atoms with Crippen LogP contribution in [0.15, 0.2) is 35.3 Å². The van der Waals surface area contributed by atoms with Crippen LogP contribution >= 0.6 is 21.6 Å². The summed E-state index contributed by atoms with van der Waals surface area (Å²) >= 11 is 0. The number of phenolic OH excluding ortho intramolecular Hbond substituents is 1. The normalized spacial score (nSPS) is 33.7. The van der Waals surface area contributed by atoms with Gasteiger partial charge in [-0.25, -0.2) is 4.99 Å². The van der Waals surface area contributed by atoms with Crippen LogP contribution in [0.3, 0.4) is 0 Å². The van der Waals surface area contributed by atoms with Crippen LogP contribution in [0.1, 0.15) is 99.5 Å². The molecule has 2 aromatic carbocycles. The van der Waals surface area contributed by atoms with Gasteiger partial charge in [0.1, 0.15) is 12.5 Å². The Morgan fingerprint density at radius 2 is 1.90 bits per heavy atom. The molecule has 0 saturated heterocycles. The Labute approximate surface area is 408 Å². The zero-order valence-electron chi connectivity index (χ0n) is 39.6. The van der Waals surface area contributed by atoms with Gasteiger partial charge in [-0.05, 0) is 92.2 Å². The minimum absolute atomic E-state index is 0.0190. The second-order valence-corrected chi connectivity index (χ2v) is 22.9. The van der Waals surface area contributed by atoms with Crippen molar-refractivity contribution in [3.8, 4) is 46.7 Å². The molecule has 2 fully saturated rings. The molecule has 2 saturated carbocycles. The maximum Gasteiger partial charge on any atom is 0.201 e. The van der Waals surface area contributed by atoms with Crippen molar-refractivity contribution >= 4 is 33.3 Å². The minimum Gasteiger partial charge on any atom is -0.504 e. The van der Waals surface area contributed by atoms with Crippen LogP contribution in [0.2, 0.25) is 0 Å². The van der Waals surface area contributed by atoms with Crippen LogP contribution in [0, 0.1) is 64.6 Å². The molecule has 4 aliphatic heterocycles. The van der Waals surface area contributed by atoms with Crippen molar-refractivity contribution < 1.29 is 44.2 Å². The fourth-order valence-corrected chi connectivity index (χ4v) is 15.2. The Hall–Kier alpha value is -4.06. The molecule has 0 amide bonds. The van der Waals surface area contributed by atoms with Crippen molar-refractivity contribution in [2.45, 2.75) is 127 Å². The first kappa shape index (κ1) is 48.9. The minimum atomic E-state index is -1.23. The highest BCUT2D eigenvalue weighted by molar-refractivity contribution is 8.76. The van der Waals surface area contributed by atoms with Gasteiger partial charge in [-0.3, -0.25) is 10.1 Å². The van der Waals surface area contributed by atoms with Crippen LogP contribution < -0.4 is 30.6 Å². The molecule has 4 aliphatic carbocycles. The molecule has 8 bridgehead atoms. The van der Waals surface area contributed by atoms with Crippen molar-refractivity contribution in [1.29, 1.82) is 0 Å². The Kier molecular flexibility index (Phi) is 15.2. The molecule has 2 spiro atoms. The van der Waals surface area contributed by atoms with Gasteiger partial charge in [0, 0.05) is 73.0 Å². The monoisotopic (exact) mass is 968 g/mol. The van der Waals surface area contributed by atoms with Gasteiger partial charge in [0.25, 0.3) is 0 Å². The molecule has 8 aliphatic rings. The summed E-state index contributed by atoms with van der Waals surface area (Å²) < 4.78 is 25.2. The van der Waals surface area contributed by atoms with E-state index in [2.05, 4.69) is 66.4 Å². The standard InChI is InChI=1S/C53H68N4O9S2/c1-31(2)45-28-68-67-27-43-42-24-41-33-11-14-39(60)23-38(59)13-10-32-12-15-46(61)48(65-30-58)40(32)9-6-7-34(21-33)47(49(41)66-50(42)62)64-29-55-53-18-5-4-8-37(53)22-36(26-63-3)35-16-19-52(53,25-35)20-17-44(43)56-51(54)57-45/h12,15-16,19,21,31,35-37,39,42-45,50,55,58,60-62H,4-5,7-8,10-11,13-14,18,22-30H2,1-3H3,(H3,54,56,57)/t35-,36+,37-,39+,42-,43+,44-,45+,50-,52-,53+/m0/s1. The van der Waals surface area contributed by atoms with Gasteiger partial charge in [0.2, 0.25) is 6.29 Å². The molecule has 4 heterocycles. The van der Waals surface area contributed by atoms with E-state index in [9.17, 15) is 25.2 Å². The molecule has 10 rings (SSSR count). The number of nitrogens with one attached hydrogen (secondary N) is 2. The number of carbonyl (C=O) groups excluding carboxylic acids is 1. The van der Waals surface area contributed by atoms with Crippen LogP contribution in [-0.2, 0) is 35.2 Å². The third-order valence-electron chi connectivity index (χ3n) is 16.0. The number of aliphatic hydroxyl groups is 3. The molecule has 366 valence electrons. The van der Waals surface area contributed by atoms with E-state index in [-0.39, 0.29) is 61.2 Å². The lowest BCUT2D eigenvalue weighted by Crippen LogP contribution is -2.63. The number of aryl methyl sites for hydroxylation is 2. The number of nitrogens with two attached hydrogens (primary N) is 1. The molecule has 0 unspecified atom stereocenters. The second kappa shape index (κ2) is 21.1. The first-order valence-electron chi connectivity index (χ1n) is 24.6. The Balaban J connectivity index is 1.22. The number of ketones is 1. The SMILES string of the molecule is COC[C@H]1C[C@@H]2CCCC[C@@]23NCOc2c4cc(c5c2O[C@H](O)[C@@H](C5)[C@H]2CSSC[C@H](C(C)C)N=C(N)N[C@H]2C#C[C@]32C=C[C@H]1C2)CC[C@@H](O)CC(=O)CCc1ccc(O)c(OCO)c1C#CC4. The van der Waals surface area contributed by atoms with Gasteiger partial charge in [-0.1, -0.05) is 96.2 Å². The fraction of sp³-hybridized carbons (Fsp3) is 0.623. The maximum atomic E-state index is 13.3. The molecule has 0 aromatic heterocycles. The van der Waals surface area contributed by atoms with E-state index < -0.39 is 42.1 Å². The Morgan fingerprint density at radius 1 is 1.04 bits per heavy atom. The van der Waals surface area contributed by atoms with Crippen molar-refractivity contribution in [3.63, 3.8) is 0 Å². The number of allylic oxidation sites excluding steroid dienone is 1. The third kappa shape index (κ3) is 9.83. The van der Waals surface area contributed by atoms with Gasteiger partial charge in [0.05, 0.1) is 29.2 Å². The van der Waals surface area contributed by atoms with E-state index in [1.807, 2.05) is 0 Å². The molecule has 8 N–H and O–H groups in total. The number of aromatic hydroxyl groups is 1. The number of ether oxygens (including phenoxy) is 4. The predicted octanol–water partition coefficient (Wildman–Crippen LogP) is 5.79. The highest BCUT2D eigenvalue weighted by Gasteiger charge is 2.60. The van der Waals surface area contributed by atoms with Gasteiger partial charge >= 0.3 is 0 Å². The summed E-state index contributed by atoms with van der Waals surface area (Å²) in [7, 11) is 5.35. The number of benzene rings is 2. The van der Waals surface area contributed by atoms with Gasteiger partial charge in [0.15, 0.2) is 35.8 Å². The number of guanidine groups is 1. The summed E-state index contributed by atoms with van der Waals surface area (Å²) in [6.07, 6.45) is 10.5. The zero-order valence-corrected chi connectivity index (χ0v) is 41.2. The largest absolute Gasteiger partial charge is 0.504 e. The molecule has 0 radical (unpaired) electrons. The highest BCUT2D eigenvalue weighted by atomic mass is 33.1. The van der Waals surface area contributed by atoms with E-state index in [4.69, 9.17) is 29.7 Å². The fourth-order valence-electron chi connectivity index (χ4n) is 12.3. The molecular weight excluding hydrogens is 901 g/mol. The molecule has 2 aromatic rings. The summed E-state index contributed by atoms with van der Waals surface area (Å²) in [6, 6.07) is 4.82. The average Bonchev–Trinajstić information content (AvgIpc) is 3.72. The lowest BCUT2D eigenvalue weighted by Gasteiger charge is -2.53. The van der Waals surface area contributed by atoms with Crippen LogP contribution in [0.5, 0.6) is 23.0 Å². The number of nitrogens with zero attached hydrogens (tertiary/aromatic N) is 1. The summed E-state index contributed by atoms with van der Waals surface area (Å²) in [5.41, 5.74) is 9.50. The number of Topliss-reactive ketones (excluding diaryl/α,β-unsaturated/α-hetero) is 1. The summed E-state index contributed by atoms with van der Waals surface area (Å²) in [5, 5.41) is 52.1. The average molecular weight is 969 g/mol. The number of hydrogen-bond acceptors (Lipinski definition) is 15. The third-order valence-corrected chi connectivity index (χ3v) is 18.5. The summed E-state index contributed by atoms with van der Waals surface area (Å²) in [6.45, 7) is 4.48. The predicted molar refractivity (Wildman–Crippen MR) is 265 cm³/mol. The lowest BCUT2D eigenvalue weighted by molar-refractivity contribution is -0.121. The molecule has 15 heteroatoms. The molecule has 11 atom stereocenters. The van der Waals surface area contributed by atoms with Crippen molar-refractivity contribution in [1.82, 2.24) is 10.6 Å². The van der Waals surface area contributed by atoms with E-state index >= 15 is 0 Å². The second-order valence-electron chi connectivity index (χ2n) is 20.3. The number of carbonyl (C=O) groups is 1. The quantitative estimate of drug-likeness (QED) is 0.0823. The van der Waals surface area contributed by atoms with E-state index in [0.717, 1.165) is 61.0 Å². The molecule has 68 heavy (non-hydrogen) atoms. The van der Waals surface area contributed by atoms with Gasteiger partial charge < -0.3 is 50.4 Å². The van der Waals surface area contributed by atoms with E-state index in [1.54, 1.807) is 34.8 Å². The number of methoxy groups -OCH3 is 1. The van der Waals surface area contributed by atoms with E-state index in [1.165, 1.54) is 6.07 Å². The van der Waals surface area contributed by atoms with Gasteiger partial charge in [-0.2, -0.15) is 0 Å². The zero-order chi connectivity index (χ0) is 47.6. The lowest BCUT2D eigenvalue weighted by atomic mass is 9.57. The van der Waals surface area contributed by atoms with Crippen LogP contribution in [0.25, 0.3) is 0 Å². The van der Waals surface area contributed by atoms with Crippen LogP contribution in [-0.4, -0.2) is 101 Å². The van der Waals surface area contributed by atoms with Crippen molar-refractivity contribution in [2.75, 3.05) is 38.7 Å². The summed E-state index contributed by atoms with van der Waals surface area (Å²) in [5.74, 6) is 17.5. The number of hydrogen-bond donors (Lipinski definition) is 7. The van der Waals surface area contributed by atoms with Crippen molar-refractivity contribution in [2.24, 2.45) is 51.6 Å². The number of rotatable bonds is 5. The highest BCUT2D eigenvalue weighted by Crippen LogP contribution is 2.59. The number of aliphatic hydroxyl groups excluding tert-OH is 3. The maximum absolute atomic E-state index is 13.3. The summed E-state index contributed by atoms with van der Waals surface area (Å²) in [4.78, 5) is 18.4. The van der Waals surface area contributed by atoms with Gasteiger partial charge in [-0.15, -0.1) is 0 Å². The van der Waals surface area contributed by atoms with Crippen LogP contribution in [0.4, 0.5) is 0 Å². The number of aliphatic imine (C=N–C) groups is 1. The molecule has 13 nitrogen and oxygen atoms in total. The smallest absolute Gasteiger partial charge is 0.201 e. The van der Waals surface area contributed by atoms with Crippen molar-refractivity contribution in [3.05, 3.63) is 58.2 Å². The first-order chi connectivity index (χ1) is 32.9. The van der Waals surface area contributed by atoms with E-state index in [0.29, 0.717) is 84.4 Å².